The van der Waals surface area contributed by atoms with Gasteiger partial charge in [0.05, 0.1) is 29.0 Å². The number of nitrogens with two attached hydrogens (primary N) is 1. The van der Waals surface area contributed by atoms with Crippen LogP contribution in [0.15, 0.2) is 29.2 Å². The minimum atomic E-state index is -3.34. The molecule has 16 heavy (non-hydrogen) atoms. The van der Waals surface area contributed by atoms with Crippen molar-refractivity contribution in [1.29, 1.82) is 0 Å². The van der Waals surface area contributed by atoms with Gasteiger partial charge in [0.2, 0.25) is 0 Å². The molecule has 0 aromatic heterocycles. The number of hydrogen-bond acceptors (Lipinski definition) is 4. The summed E-state index contributed by atoms with van der Waals surface area (Å²) in [5, 5.41) is 0. The van der Waals surface area contributed by atoms with Crippen LogP contribution in [0.25, 0.3) is 0 Å². The zero-order valence-electron chi connectivity index (χ0n) is 9.51. The molecule has 0 aliphatic rings. The van der Waals surface area contributed by atoms with E-state index in [1.54, 1.807) is 18.2 Å². The van der Waals surface area contributed by atoms with Crippen molar-refractivity contribution in [3.63, 3.8) is 0 Å². The van der Waals surface area contributed by atoms with Crippen molar-refractivity contribution in [1.82, 2.24) is 0 Å². The van der Waals surface area contributed by atoms with Gasteiger partial charge in [0.15, 0.2) is 9.84 Å². The van der Waals surface area contributed by atoms with Crippen LogP contribution in [0.2, 0.25) is 0 Å². The number of ether oxygens (including phenoxy) is 1. The summed E-state index contributed by atoms with van der Waals surface area (Å²) in [4.78, 5) is 0.183. The number of sulfone groups is 1. The topological polar surface area (TPSA) is 69.4 Å². The summed E-state index contributed by atoms with van der Waals surface area (Å²) < 4.78 is 29.0. The van der Waals surface area contributed by atoms with Gasteiger partial charge in [-0.1, -0.05) is 12.1 Å². The molecule has 2 N–H and O–H groups in total. The van der Waals surface area contributed by atoms with Crippen LogP contribution in [0.3, 0.4) is 0 Å². The minimum absolute atomic E-state index is 0.0309. The molecule has 0 aliphatic carbocycles. The first-order valence-corrected chi connectivity index (χ1v) is 6.77. The van der Waals surface area contributed by atoms with Crippen LogP contribution in [0.1, 0.15) is 13.8 Å². The fraction of sp³-hybridized carbons (Fsp3) is 0.455. The Hall–Kier alpha value is -1.07. The van der Waals surface area contributed by atoms with Crippen molar-refractivity contribution < 1.29 is 13.2 Å². The van der Waals surface area contributed by atoms with E-state index in [1.807, 2.05) is 13.8 Å². The summed E-state index contributed by atoms with van der Waals surface area (Å²) in [7, 11) is -3.34. The zero-order chi connectivity index (χ0) is 12.2. The highest BCUT2D eigenvalue weighted by molar-refractivity contribution is 7.91. The van der Waals surface area contributed by atoms with E-state index in [4.69, 9.17) is 10.5 Å². The van der Waals surface area contributed by atoms with Crippen molar-refractivity contribution >= 4 is 15.5 Å². The van der Waals surface area contributed by atoms with E-state index in [-0.39, 0.29) is 29.0 Å². The Morgan fingerprint density at radius 1 is 1.31 bits per heavy atom. The lowest BCUT2D eigenvalue weighted by atomic mass is 10.3. The Morgan fingerprint density at radius 3 is 2.50 bits per heavy atom. The Morgan fingerprint density at radius 2 is 1.94 bits per heavy atom. The first-order chi connectivity index (χ1) is 7.43. The van der Waals surface area contributed by atoms with Crippen LogP contribution in [0.4, 0.5) is 5.69 Å². The third kappa shape index (κ3) is 3.50. The normalized spacial score (nSPS) is 11.9. The van der Waals surface area contributed by atoms with Crippen molar-refractivity contribution in [2.75, 3.05) is 18.1 Å². The lowest BCUT2D eigenvalue weighted by Gasteiger charge is -2.09. The number of nitrogen functional groups attached to an aromatic ring is 1. The summed E-state index contributed by atoms with van der Waals surface area (Å²) in [5.41, 5.74) is 5.90. The van der Waals surface area contributed by atoms with Crippen LogP contribution in [-0.4, -0.2) is 26.9 Å². The van der Waals surface area contributed by atoms with Gasteiger partial charge in [0, 0.05) is 0 Å². The molecule has 0 radical (unpaired) electrons. The molecule has 0 unspecified atom stereocenters. The zero-order valence-corrected chi connectivity index (χ0v) is 10.3. The molecular weight excluding hydrogens is 226 g/mol. The summed E-state index contributed by atoms with van der Waals surface area (Å²) in [6.07, 6.45) is 0.0309. The first kappa shape index (κ1) is 13.0. The molecule has 0 atom stereocenters. The molecule has 1 aromatic rings. The largest absolute Gasteiger partial charge is 0.398 e. The number of hydrogen-bond donors (Lipinski definition) is 1. The summed E-state index contributed by atoms with van der Waals surface area (Å²) in [6.45, 7) is 3.92. The molecule has 90 valence electrons. The van der Waals surface area contributed by atoms with Crippen LogP contribution in [-0.2, 0) is 14.6 Å². The third-order valence-electron chi connectivity index (χ3n) is 2.06. The van der Waals surface area contributed by atoms with Gasteiger partial charge >= 0.3 is 0 Å². The quantitative estimate of drug-likeness (QED) is 0.795. The van der Waals surface area contributed by atoms with Gasteiger partial charge < -0.3 is 10.5 Å². The lowest BCUT2D eigenvalue weighted by molar-refractivity contribution is 0.0912. The average Bonchev–Trinajstić information content (AvgIpc) is 2.17. The van der Waals surface area contributed by atoms with Gasteiger partial charge in [-0.25, -0.2) is 8.42 Å². The fourth-order valence-electron chi connectivity index (χ4n) is 1.27. The van der Waals surface area contributed by atoms with Gasteiger partial charge in [-0.3, -0.25) is 0 Å². The van der Waals surface area contributed by atoms with Crippen LogP contribution >= 0.6 is 0 Å². The van der Waals surface area contributed by atoms with E-state index >= 15 is 0 Å². The van der Waals surface area contributed by atoms with Crippen molar-refractivity contribution in [2.24, 2.45) is 0 Å². The predicted molar refractivity (Wildman–Crippen MR) is 64.0 cm³/mol. The highest BCUT2D eigenvalue weighted by Gasteiger charge is 2.16. The lowest BCUT2D eigenvalue weighted by Crippen LogP contribution is -2.16. The molecule has 5 heteroatoms. The molecule has 1 rings (SSSR count). The molecule has 0 bridgehead atoms. The maximum absolute atomic E-state index is 11.9. The Kier molecular flexibility index (Phi) is 4.32. The van der Waals surface area contributed by atoms with Gasteiger partial charge in [0.1, 0.15) is 0 Å². The second-order valence-corrected chi connectivity index (χ2v) is 5.85. The van der Waals surface area contributed by atoms with Gasteiger partial charge in [-0.2, -0.15) is 0 Å². The van der Waals surface area contributed by atoms with Gasteiger partial charge in [-0.05, 0) is 26.0 Å². The standard InChI is InChI=1S/C11H17NO3S/c1-9(2)15-7-8-16(13,14)11-6-4-3-5-10(11)12/h3-6,9H,7-8,12H2,1-2H3. The van der Waals surface area contributed by atoms with E-state index in [0.717, 1.165) is 0 Å². The number of benzene rings is 1. The molecule has 0 fully saturated rings. The van der Waals surface area contributed by atoms with Gasteiger partial charge in [0.25, 0.3) is 0 Å². The fourth-order valence-corrected chi connectivity index (χ4v) is 2.52. The van der Waals surface area contributed by atoms with Crippen LogP contribution in [0, 0.1) is 0 Å². The number of anilines is 1. The van der Waals surface area contributed by atoms with E-state index in [9.17, 15) is 8.42 Å². The maximum Gasteiger partial charge on any atom is 0.182 e. The van der Waals surface area contributed by atoms with Crippen LogP contribution < -0.4 is 5.73 Å². The summed E-state index contributed by atoms with van der Waals surface area (Å²) >= 11 is 0. The second kappa shape index (κ2) is 5.32. The highest BCUT2D eigenvalue weighted by Crippen LogP contribution is 2.18. The Bertz CT molecular complexity index is 440. The molecule has 0 amide bonds. The molecule has 0 spiro atoms. The smallest absolute Gasteiger partial charge is 0.182 e. The maximum atomic E-state index is 11.9. The van der Waals surface area contributed by atoms with E-state index in [1.165, 1.54) is 6.07 Å². The molecule has 0 aliphatic heterocycles. The highest BCUT2D eigenvalue weighted by atomic mass is 32.2. The van der Waals surface area contributed by atoms with Gasteiger partial charge in [-0.15, -0.1) is 0 Å². The predicted octanol–water partition coefficient (Wildman–Crippen LogP) is 1.47. The van der Waals surface area contributed by atoms with Crippen molar-refractivity contribution in [2.45, 2.75) is 24.8 Å². The molecule has 4 nitrogen and oxygen atoms in total. The van der Waals surface area contributed by atoms with E-state index < -0.39 is 9.84 Å². The van der Waals surface area contributed by atoms with Crippen molar-refractivity contribution in [3.8, 4) is 0 Å². The SMILES string of the molecule is CC(C)OCCS(=O)(=O)c1ccccc1N. The van der Waals surface area contributed by atoms with E-state index in [2.05, 4.69) is 0 Å². The second-order valence-electron chi connectivity index (χ2n) is 3.78. The summed E-state index contributed by atoms with van der Waals surface area (Å²) in [5.74, 6) is -0.0423. The summed E-state index contributed by atoms with van der Waals surface area (Å²) in [6, 6.07) is 6.46. The average molecular weight is 243 g/mol. The molecule has 0 saturated heterocycles. The Labute approximate surface area is 96.3 Å². The van der Waals surface area contributed by atoms with Crippen molar-refractivity contribution in [3.05, 3.63) is 24.3 Å². The molecule has 0 saturated carbocycles. The van der Waals surface area contributed by atoms with Crippen LogP contribution in [0.5, 0.6) is 0 Å². The minimum Gasteiger partial charge on any atom is -0.398 e. The van der Waals surface area contributed by atoms with E-state index in [0.29, 0.717) is 0 Å². The number of para-hydroxylation sites is 1. The monoisotopic (exact) mass is 243 g/mol. The molecular formula is C11H17NO3S. The number of rotatable bonds is 5. The Balaban J connectivity index is 2.75. The molecule has 0 heterocycles. The molecule has 1 aromatic carbocycles. The first-order valence-electron chi connectivity index (χ1n) is 5.12. The third-order valence-corrected chi connectivity index (χ3v) is 3.80.